The Morgan fingerprint density at radius 3 is 2.89 bits per heavy atom. The Bertz CT molecular complexity index is 610. The molecule has 2 aromatic rings. The van der Waals surface area contributed by atoms with Gasteiger partial charge in [0.05, 0.1) is 13.3 Å². The Balaban J connectivity index is 2.54. The molecule has 0 atom stereocenters. The van der Waals surface area contributed by atoms with Gasteiger partial charge in [-0.05, 0) is 40.8 Å². The highest BCUT2D eigenvalue weighted by Crippen LogP contribution is 2.26. The van der Waals surface area contributed by atoms with Crippen LogP contribution in [0.15, 0.2) is 28.9 Å². The molecule has 94 valence electrons. The third kappa shape index (κ3) is 2.44. The SMILES string of the molecule is COc1cnn(C)c1C(=O)c1cc(I)ccc1Br. The van der Waals surface area contributed by atoms with Crippen molar-refractivity contribution >= 4 is 44.3 Å². The molecule has 1 aromatic heterocycles. The molecule has 1 aromatic carbocycles. The van der Waals surface area contributed by atoms with Gasteiger partial charge < -0.3 is 4.74 Å². The van der Waals surface area contributed by atoms with Crippen LogP contribution in [0.25, 0.3) is 0 Å². The molecule has 6 heteroatoms. The van der Waals surface area contributed by atoms with E-state index < -0.39 is 0 Å². The number of carbonyl (C=O) groups is 1. The van der Waals surface area contributed by atoms with Gasteiger partial charge in [-0.3, -0.25) is 9.48 Å². The van der Waals surface area contributed by atoms with Crippen molar-refractivity contribution in [2.75, 3.05) is 7.11 Å². The van der Waals surface area contributed by atoms with E-state index in [0.717, 1.165) is 8.04 Å². The second-order valence-corrected chi connectivity index (χ2v) is 5.74. The average molecular weight is 421 g/mol. The van der Waals surface area contributed by atoms with Crippen LogP contribution in [0.3, 0.4) is 0 Å². The van der Waals surface area contributed by atoms with E-state index in [1.807, 2.05) is 18.2 Å². The van der Waals surface area contributed by atoms with Gasteiger partial charge in [0.15, 0.2) is 11.4 Å². The van der Waals surface area contributed by atoms with Crippen LogP contribution in [0, 0.1) is 3.57 Å². The summed E-state index contributed by atoms with van der Waals surface area (Å²) in [6.07, 6.45) is 1.54. The third-order valence-electron chi connectivity index (χ3n) is 2.51. The van der Waals surface area contributed by atoms with Gasteiger partial charge in [0, 0.05) is 20.7 Å². The molecule has 2 rings (SSSR count). The Kier molecular flexibility index (Phi) is 4.06. The largest absolute Gasteiger partial charge is 0.493 e. The summed E-state index contributed by atoms with van der Waals surface area (Å²) < 4.78 is 8.44. The van der Waals surface area contributed by atoms with Crippen LogP contribution in [-0.4, -0.2) is 22.7 Å². The molecule has 0 aliphatic heterocycles. The third-order valence-corrected chi connectivity index (χ3v) is 3.88. The molecule has 0 spiro atoms. The Hall–Kier alpha value is -0.890. The molecular weight excluding hydrogens is 411 g/mol. The number of hydrogen-bond donors (Lipinski definition) is 0. The van der Waals surface area contributed by atoms with Gasteiger partial charge >= 0.3 is 0 Å². The minimum absolute atomic E-state index is 0.114. The fraction of sp³-hybridized carbons (Fsp3) is 0.167. The Morgan fingerprint density at radius 2 is 2.22 bits per heavy atom. The predicted octanol–water partition coefficient (Wildman–Crippen LogP) is 3.03. The number of aryl methyl sites for hydroxylation is 1. The number of methoxy groups -OCH3 is 1. The van der Waals surface area contributed by atoms with Crippen LogP contribution in [0.1, 0.15) is 16.1 Å². The molecule has 0 N–H and O–H groups in total. The van der Waals surface area contributed by atoms with E-state index in [4.69, 9.17) is 4.74 Å². The van der Waals surface area contributed by atoms with E-state index >= 15 is 0 Å². The topological polar surface area (TPSA) is 44.1 Å². The highest BCUT2D eigenvalue weighted by molar-refractivity contribution is 14.1. The molecule has 0 amide bonds. The normalized spacial score (nSPS) is 10.4. The maximum atomic E-state index is 12.5. The van der Waals surface area contributed by atoms with Gasteiger partial charge in [-0.1, -0.05) is 15.9 Å². The highest BCUT2D eigenvalue weighted by Gasteiger charge is 2.21. The number of halogens is 2. The number of hydrogen-bond acceptors (Lipinski definition) is 3. The van der Waals surface area contributed by atoms with Crippen molar-refractivity contribution in [1.29, 1.82) is 0 Å². The maximum absolute atomic E-state index is 12.5. The lowest BCUT2D eigenvalue weighted by Crippen LogP contribution is -2.10. The molecule has 1 heterocycles. The fourth-order valence-corrected chi connectivity index (χ4v) is 2.54. The zero-order chi connectivity index (χ0) is 13.3. The predicted molar refractivity (Wildman–Crippen MR) is 80.1 cm³/mol. The zero-order valence-corrected chi connectivity index (χ0v) is 13.5. The van der Waals surface area contributed by atoms with E-state index in [2.05, 4.69) is 43.6 Å². The summed E-state index contributed by atoms with van der Waals surface area (Å²) in [6.45, 7) is 0. The molecule has 0 aliphatic rings. The van der Waals surface area contributed by atoms with Crippen LogP contribution < -0.4 is 4.74 Å². The second kappa shape index (κ2) is 5.40. The molecule has 0 unspecified atom stereocenters. The number of rotatable bonds is 3. The monoisotopic (exact) mass is 420 g/mol. The lowest BCUT2D eigenvalue weighted by Gasteiger charge is -2.07. The van der Waals surface area contributed by atoms with Crippen molar-refractivity contribution in [3.05, 3.63) is 43.7 Å². The summed E-state index contributed by atoms with van der Waals surface area (Å²) in [7, 11) is 3.25. The first-order chi connectivity index (χ1) is 8.54. The number of ether oxygens (including phenoxy) is 1. The first kappa shape index (κ1) is 13.5. The molecule has 0 saturated heterocycles. The first-order valence-corrected chi connectivity index (χ1v) is 6.97. The van der Waals surface area contributed by atoms with Gasteiger partial charge in [-0.25, -0.2) is 0 Å². The lowest BCUT2D eigenvalue weighted by atomic mass is 10.1. The summed E-state index contributed by atoms with van der Waals surface area (Å²) in [5, 5.41) is 4.04. The van der Waals surface area contributed by atoms with Crippen molar-refractivity contribution in [3.8, 4) is 5.75 Å². The van der Waals surface area contributed by atoms with Crippen molar-refractivity contribution in [2.45, 2.75) is 0 Å². The van der Waals surface area contributed by atoms with Gasteiger partial charge in [-0.15, -0.1) is 0 Å². The van der Waals surface area contributed by atoms with Crippen molar-refractivity contribution < 1.29 is 9.53 Å². The smallest absolute Gasteiger partial charge is 0.216 e. The zero-order valence-electron chi connectivity index (χ0n) is 9.78. The fourth-order valence-electron chi connectivity index (χ4n) is 1.62. The van der Waals surface area contributed by atoms with E-state index in [-0.39, 0.29) is 5.78 Å². The summed E-state index contributed by atoms with van der Waals surface area (Å²) >= 11 is 5.57. The Labute approximate surface area is 127 Å². The van der Waals surface area contributed by atoms with Gasteiger partial charge in [0.1, 0.15) is 0 Å². The van der Waals surface area contributed by atoms with Crippen LogP contribution in [0.2, 0.25) is 0 Å². The summed E-state index contributed by atoms with van der Waals surface area (Å²) in [5.74, 6) is 0.366. The number of benzene rings is 1. The molecule has 0 bridgehead atoms. The summed E-state index contributed by atoms with van der Waals surface area (Å²) in [5.41, 5.74) is 1.05. The number of carbonyl (C=O) groups excluding carboxylic acids is 1. The number of nitrogens with zero attached hydrogens (tertiary/aromatic N) is 2. The van der Waals surface area contributed by atoms with E-state index in [1.165, 1.54) is 18.0 Å². The molecule has 0 radical (unpaired) electrons. The van der Waals surface area contributed by atoms with Gasteiger partial charge in [0.2, 0.25) is 5.78 Å². The van der Waals surface area contributed by atoms with Gasteiger partial charge in [-0.2, -0.15) is 5.10 Å². The second-order valence-electron chi connectivity index (χ2n) is 3.64. The molecule has 0 fully saturated rings. The van der Waals surface area contributed by atoms with E-state index in [0.29, 0.717) is 17.0 Å². The average Bonchev–Trinajstić information content (AvgIpc) is 2.72. The highest BCUT2D eigenvalue weighted by atomic mass is 127. The molecule has 18 heavy (non-hydrogen) atoms. The molecule has 0 aliphatic carbocycles. The number of ketones is 1. The van der Waals surface area contributed by atoms with E-state index in [9.17, 15) is 4.79 Å². The molecule has 0 saturated carbocycles. The summed E-state index contributed by atoms with van der Waals surface area (Å²) in [6, 6.07) is 5.62. The minimum Gasteiger partial charge on any atom is -0.493 e. The first-order valence-electron chi connectivity index (χ1n) is 5.10. The van der Waals surface area contributed by atoms with Crippen molar-refractivity contribution in [2.24, 2.45) is 7.05 Å². The van der Waals surface area contributed by atoms with E-state index in [1.54, 1.807) is 7.05 Å². The quantitative estimate of drug-likeness (QED) is 0.566. The molecular formula is C12H10BrIN2O2. The van der Waals surface area contributed by atoms with Crippen molar-refractivity contribution in [1.82, 2.24) is 9.78 Å². The van der Waals surface area contributed by atoms with Crippen LogP contribution in [-0.2, 0) is 7.05 Å². The van der Waals surface area contributed by atoms with Crippen LogP contribution >= 0.6 is 38.5 Å². The summed E-state index contributed by atoms with van der Waals surface area (Å²) in [4.78, 5) is 12.5. The molecule has 4 nitrogen and oxygen atoms in total. The maximum Gasteiger partial charge on any atom is 0.216 e. The lowest BCUT2D eigenvalue weighted by molar-refractivity contribution is 0.102. The van der Waals surface area contributed by atoms with Crippen LogP contribution in [0.5, 0.6) is 5.75 Å². The van der Waals surface area contributed by atoms with Crippen molar-refractivity contribution in [3.63, 3.8) is 0 Å². The van der Waals surface area contributed by atoms with Crippen LogP contribution in [0.4, 0.5) is 0 Å². The Morgan fingerprint density at radius 1 is 1.50 bits per heavy atom. The minimum atomic E-state index is -0.114. The standard InChI is InChI=1S/C12H10BrIN2O2/c1-16-11(10(18-2)6-15-16)12(17)8-5-7(14)3-4-9(8)13/h3-6H,1-2H3. The number of aromatic nitrogens is 2. The van der Waals surface area contributed by atoms with Gasteiger partial charge in [0.25, 0.3) is 0 Å².